The number of methoxy groups -OCH3 is 1. The highest BCUT2D eigenvalue weighted by Crippen LogP contribution is 2.42. The van der Waals surface area contributed by atoms with Crippen molar-refractivity contribution in [1.29, 1.82) is 0 Å². The maximum absolute atomic E-state index is 14.2. The molecule has 4 aromatic rings. The number of benzene rings is 2. The lowest BCUT2D eigenvalue weighted by Gasteiger charge is -2.44. The van der Waals surface area contributed by atoms with Gasteiger partial charge in [0.1, 0.15) is 17.5 Å². The summed E-state index contributed by atoms with van der Waals surface area (Å²) in [6.45, 7) is 3.60. The minimum atomic E-state index is -0.979. The molecule has 3 amide bonds. The Labute approximate surface area is 317 Å². The van der Waals surface area contributed by atoms with Crippen LogP contribution in [0.1, 0.15) is 60.0 Å². The van der Waals surface area contributed by atoms with E-state index in [9.17, 15) is 19.5 Å². The molecule has 2 aromatic carbocycles. The molecule has 5 heterocycles. The van der Waals surface area contributed by atoms with Gasteiger partial charge in [0.15, 0.2) is 0 Å². The highest BCUT2D eigenvalue weighted by Gasteiger charge is 2.45. The fourth-order valence-corrected chi connectivity index (χ4v) is 8.53. The average Bonchev–Trinajstić information content (AvgIpc) is 3.98. The standard InChI is InChI=1S/C38H42Cl2N8O5/c1-53-33-7-4-25(31-23-42-45-44-31)21-28(33)34(49)47-20-11-37(24-47,27-5-6-29(39)30(40)22-27)10-17-46-18-12-38(13-19-46,26-8-14-41-15-9-26)43-36(52)48-16-2-3-32(48)35(50)51/h4-9,14-15,21-23,32H,2-3,10-13,16-20,24H2,1H3,(H,43,52)(H,50,51)(H,42,44,45). The number of carboxylic acids is 1. The molecule has 2 unspecified atom stereocenters. The van der Waals surface area contributed by atoms with Crippen molar-refractivity contribution in [3.63, 3.8) is 0 Å². The number of nitrogens with one attached hydrogen (secondary N) is 2. The summed E-state index contributed by atoms with van der Waals surface area (Å²) in [5.41, 5.74) is 2.75. The lowest BCUT2D eigenvalue weighted by Crippen LogP contribution is -2.57. The van der Waals surface area contributed by atoms with Crippen molar-refractivity contribution in [2.24, 2.45) is 0 Å². The molecule has 15 heteroatoms. The van der Waals surface area contributed by atoms with Crippen molar-refractivity contribution < 1.29 is 24.2 Å². The summed E-state index contributed by atoms with van der Waals surface area (Å²) in [5, 5.41) is 24.6. The summed E-state index contributed by atoms with van der Waals surface area (Å²) in [5.74, 6) is -0.628. The second-order valence-electron chi connectivity index (χ2n) is 14.2. The molecule has 13 nitrogen and oxygen atoms in total. The lowest BCUT2D eigenvalue weighted by atomic mass is 9.76. The number of aromatic amines is 1. The SMILES string of the molecule is COc1ccc(-c2cn[nH]n2)cc1C(=O)N1CCC(CCN2CCC(NC(=O)N3CCCC3C(=O)O)(c3ccncc3)CC2)(c2ccc(Cl)c(Cl)c2)C1. The van der Waals surface area contributed by atoms with Crippen molar-refractivity contribution in [3.8, 4) is 17.0 Å². The summed E-state index contributed by atoms with van der Waals surface area (Å²) in [6, 6.07) is 13.9. The third-order valence-corrected chi connectivity index (χ3v) is 12.0. The van der Waals surface area contributed by atoms with E-state index >= 15 is 0 Å². The minimum absolute atomic E-state index is 0.131. The van der Waals surface area contributed by atoms with E-state index in [1.54, 1.807) is 37.8 Å². The molecular weight excluding hydrogens is 719 g/mol. The fraction of sp³-hybridized carbons (Fsp3) is 0.421. The summed E-state index contributed by atoms with van der Waals surface area (Å²) < 4.78 is 5.62. The quantitative estimate of drug-likeness (QED) is 0.187. The highest BCUT2D eigenvalue weighted by atomic mass is 35.5. The van der Waals surface area contributed by atoms with Crippen LogP contribution in [-0.2, 0) is 15.7 Å². The molecule has 278 valence electrons. The van der Waals surface area contributed by atoms with E-state index in [4.69, 9.17) is 27.9 Å². The molecule has 7 rings (SSSR count). The van der Waals surface area contributed by atoms with Gasteiger partial charge in [0.25, 0.3) is 5.91 Å². The molecule has 0 aliphatic carbocycles. The summed E-state index contributed by atoms with van der Waals surface area (Å²) in [6.07, 6.45) is 8.93. The minimum Gasteiger partial charge on any atom is -0.496 e. The van der Waals surface area contributed by atoms with Crippen LogP contribution in [0.2, 0.25) is 10.0 Å². The zero-order valence-electron chi connectivity index (χ0n) is 29.4. The zero-order chi connectivity index (χ0) is 37.2. The molecule has 53 heavy (non-hydrogen) atoms. The number of urea groups is 1. The first kappa shape index (κ1) is 36.6. The number of rotatable bonds is 10. The van der Waals surface area contributed by atoms with Gasteiger partial charge in [-0.15, -0.1) is 0 Å². The third kappa shape index (κ3) is 7.42. The molecule has 3 aliphatic rings. The predicted octanol–water partition coefficient (Wildman–Crippen LogP) is 5.61. The van der Waals surface area contributed by atoms with Gasteiger partial charge in [-0.05, 0) is 98.7 Å². The average molecular weight is 762 g/mol. The Morgan fingerprint density at radius 2 is 1.77 bits per heavy atom. The van der Waals surface area contributed by atoms with Crippen molar-refractivity contribution in [2.45, 2.75) is 55.5 Å². The molecule has 3 N–H and O–H groups in total. The molecular formula is C38H42Cl2N8O5. The van der Waals surface area contributed by atoms with Gasteiger partial charge in [-0.25, -0.2) is 9.59 Å². The molecule has 3 fully saturated rings. The maximum Gasteiger partial charge on any atom is 0.326 e. The number of ether oxygens (including phenoxy) is 1. The number of halogens is 2. The smallest absolute Gasteiger partial charge is 0.326 e. The van der Waals surface area contributed by atoms with Gasteiger partial charge in [0, 0.05) is 56.1 Å². The molecule has 3 saturated heterocycles. The molecule has 2 atom stereocenters. The third-order valence-electron chi connectivity index (χ3n) is 11.3. The number of piperidine rings is 1. The summed E-state index contributed by atoms with van der Waals surface area (Å²) >= 11 is 12.9. The van der Waals surface area contributed by atoms with Crippen LogP contribution in [0.5, 0.6) is 5.75 Å². The van der Waals surface area contributed by atoms with E-state index in [0.29, 0.717) is 85.5 Å². The maximum atomic E-state index is 14.2. The van der Waals surface area contributed by atoms with E-state index in [-0.39, 0.29) is 11.9 Å². The van der Waals surface area contributed by atoms with Gasteiger partial charge < -0.3 is 29.9 Å². The number of carboxylic acid groups (broad SMARTS) is 1. The number of hydrogen-bond acceptors (Lipinski definition) is 8. The number of carbonyl (C=O) groups is 3. The van der Waals surface area contributed by atoms with Crippen molar-refractivity contribution >= 4 is 41.1 Å². The topological polar surface area (TPSA) is 157 Å². The molecule has 0 radical (unpaired) electrons. The van der Waals surface area contributed by atoms with Gasteiger partial charge in [0.05, 0.1) is 34.5 Å². The van der Waals surface area contributed by atoms with Crippen LogP contribution in [0.4, 0.5) is 4.79 Å². The van der Waals surface area contributed by atoms with Crippen molar-refractivity contribution in [2.75, 3.05) is 46.4 Å². The van der Waals surface area contributed by atoms with Crippen molar-refractivity contribution in [3.05, 3.63) is 93.9 Å². The van der Waals surface area contributed by atoms with Crippen LogP contribution in [0, 0.1) is 0 Å². The van der Waals surface area contributed by atoms with Crippen LogP contribution in [-0.4, -0.2) is 111 Å². The number of H-pyrrole nitrogens is 1. The Morgan fingerprint density at radius 3 is 2.47 bits per heavy atom. The molecule has 0 saturated carbocycles. The van der Waals surface area contributed by atoms with Crippen LogP contribution in [0.25, 0.3) is 11.3 Å². The number of hydrogen-bond donors (Lipinski definition) is 3. The number of aromatic nitrogens is 4. The van der Waals surface area contributed by atoms with Crippen LogP contribution in [0.3, 0.4) is 0 Å². The molecule has 2 aromatic heterocycles. The molecule has 3 aliphatic heterocycles. The second-order valence-corrected chi connectivity index (χ2v) is 15.0. The summed E-state index contributed by atoms with van der Waals surface area (Å²) in [7, 11) is 1.55. The van der Waals surface area contributed by atoms with Gasteiger partial charge in [0.2, 0.25) is 0 Å². The Bertz CT molecular complexity index is 1960. The zero-order valence-corrected chi connectivity index (χ0v) is 30.9. The van der Waals surface area contributed by atoms with Gasteiger partial charge in [-0.1, -0.05) is 29.3 Å². The molecule has 0 spiro atoms. The number of likely N-dealkylation sites (tertiary alicyclic amines) is 3. The first-order valence-electron chi connectivity index (χ1n) is 17.8. The van der Waals surface area contributed by atoms with E-state index < -0.39 is 23.0 Å². The van der Waals surface area contributed by atoms with Crippen LogP contribution in [0.15, 0.2) is 67.1 Å². The van der Waals surface area contributed by atoms with Gasteiger partial charge in [-0.2, -0.15) is 15.4 Å². The lowest BCUT2D eigenvalue weighted by molar-refractivity contribution is -0.141. The number of nitrogens with zero attached hydrogens (tertiary/aromatic N) is 6. The van der Waals surface area contributed by atoms with Gasteiger partial charge >= 0.3 is 12.0 Å². The van der Waals surface area contributed by atoms with E-state index in [1.165, 1.54) is 4.90 Å². The Kier molecular flexibility index (Phi) is 10.6. The van der Waals surface area contributed by atoms with Gasteiger partial charge in [-0.3, -0.25) is 9.78 Å². The number of pyridine rings is 1. The largest absolute Gasteiger partial charge is 0.496 e. The van der Waals surface area contributed by atoms with Crippen LogP contribution < -0.4 is 10.1 Å². The Hall–Kier alpha value is -4.72. The van der Waals surface area contributed by atoms with E-state index in [2.05, 4.69) is 30.6 Å². The predicted molar refractivity (Wildman–Crippen MR) is 199 cm³/mol. The molecule has 0 bridgehead atoms. The normalized spacial score (nSPS) is 21.5. The first-order chi connectivity index (χ1) is 25.6. The highest BCUT2D eigenvalue weighted by molar-refractivity contribution is 6.42. The number of carbonyl (C=O) groups excluding carboxylic acids is 2. The second kappa shape index (κ2) is 15.3. The number of amides is 3. The Morgan fingerprint density at radius 1 is 0.981 bits per heavy atom. The fourth-order valence-electron chi connectivity index (χ4n) is 8.23. The monoisotopic (exact) mass is 760 g/mol. The van der Waals surface area contributed by atoms with E-state index in [0.717, 1.165) is 36.1 Å². The number of aliphatic carboxylic acids is 1. The van der Waals surface area contributed by atoms with Crippen LogP contribution >= 0.6 is 23.2 Å². The van der Waals surface area contributed by atoms with Crippen molar-refractivity contribution in [1.82, 2.24) is 40.4 Å². The van der Waals surface area contributed by atoms with E-state index in [1.807, 2.05) is 41.3 Å². The summed E-state index contributed by atoms with van der Waals surface area (Å²) in [4.78, 5) is 49.6. The Balaban J connectivity index is 1.09. The first-order valence-corrected chi connectivity index (χ1v) is 18.6.